The van der Waals surface area contributed by atoms with Gasteiger partial charge in [0.2, 0.25) is 10.0 Å². The van der Waals surface area contributed by atoms with Crippen molar-refractivity contribution in [2.75, 3.05) is 11.9 Å². The zero-order valence-corrected chi connectivity index (χ0v) is 21.8. The van der Waals surface area contributed by atoms with Gasteiger partial charge in [-0.15, -0.1) is 0 Å². The number of aromatic nitrogens is 2. The third-order valence-electron chi connectivity index (χ3n) is 5.48. The molecule has 1 aromatic carbocycles. The number of anilines is 1. The smallest absolute Gasteiger partial charge is 0.326 e. The molecule has 0 aliphatic rings. The van der Waals surface area contributed by atoms with Crippen LogP contribution in [-0.4, -0.2) is 52.1 Å². The van der Waals surface area contributed by atoms with Crippen LogP contribution in [0.1, 0.15) is 30.7 Å². The first kappa shape index (κ1) is 28.1. The zero-order chi connectivity index (χ0) is 26.7. The van der Waals surface area contributed by atoms with Gasteiger partial charge in [-0.2, -0.15) is 0 Å². The number of nitrogens with two attached hydrogens (primary N) is 1. The summed E-state index contributed by atoms with van der Waals surface area (Å²) in [6.45, 7) is 2.07. The normalized spacial score (nSPS) is 12.2. The van der Waals surface area contributed by atoms with Gasteiger partial charge in [0.1, 0.15) is 6.04 Å². The minimum atomic E-state index is -3.80. The lowest BCUT2D eigenvalue weighted by atomic mass is 10.1. The summed E-state index contributed by atoms with van der Waals surface area (Å²) < 4.78 is 22.8. The van der Waals surface area contributed by atoms with Gasteiger partial charge in [0.15, 0.2) is 5.11 Å². The summed E-state index contributed by atoms with van der Waals surface area (Å²) in [4.78, 5) is 22.8. The molecule has 1 unspecified atom stereocenters. The number of carbonyl (C=O) groups is 1. The Labute approximate surface area is 222 Å². The Morgan fingerprint density at radius 1 is 0.973 bits per heavy atom. The van der Waals surface area contributed by atoms with Crippen molar-refractivity contribution in [3.63, 3.8) is 0 Å². The first-order valence-electron chi connectivity index (χ1n) is 11.7. The van der Waals surface area contributed by atoms with Crippen LogP contribution in [0.4, 0.5) is 5.69 Å². The number of aliphatic carboxylic acids is 1. The highest BCUT2D eigenvalue weighted by Crippen LogP contribution is 2.13. The number of thiocarbonyl (C=S) groups is 1. The van der Waals surface area contributed by atoms with Crippen LogP contribution in [0.5, 0.6) is 0 Å². The fourth-order valence-corrected chi connectivity index (χ4v) is 4.43. The van der Waals surface area contributed by atoms with Crippen molar-refractivity contribution < 1.29 is 18.3 Å². The molecule has 3 rings (SSSR count). The quantitative estimate of drug-likeness (QED) is 0.187. The Balaban J connectivity index is 1.50. The van der Waals surface area contributed by atoms with Crippen molar-refractivity contribution in [1.29, 1.82) is 0 Å². The number of carboxylic acid groups (broad SMARTS) is 1. The number of sulfonamides is 1. The van der Waals surface area contributed by atoms with Crippen LogP contribution in [0.15, 0.2) is 78.0 Å². The van der Waals surface area contributed by atoms with E-state index in [1.54, 1.807) is 12.4 Å². The van der Waals surface area contributed by atoms with Gasteiger partial charge in [0.25, 0.3) is 0 Å². The van der Waals surface area contributed by atoms with Crippen LogP contribution in [0.2, 0.25) is 0 Å². The summed E-state index contributed by atoms with van der Waals surface area (Å²) in [5.74, 6) is -1.01. The maximum Gasteiger partial charge on any atom is 0.326 e. The number of benzene rings is 1. The Bertz CT molecular complexity index is 1220. The number of hydrogen-bond donors (Lipinski definition) is 4. The van der Waals surface area contributed by atoms with Crippen molar-refractivity contribution >= 4 is 39.0 Å². The molecule has 5 N–H and O–H groups in total. The molecule has 2 heterocycles. The van der Waals surface area contributed by atoms with Crippen LogP contribution in [-0.2, 0) is 27.9 Å². The highest BCUT2D eigenvalue weighted by Gasteiger charge is 2.18. The average Bonchev–Trinajstić information content (AvgIpc) is 2.86. The van der Waals surface area contributed by atoms with Gasteiger partial charge in [-0.25, -0.2) is 18.4 Å². The zero-order valence-electron chi connectivity index (χ0n) is 20.2. The number of rotatable bonds is 13. The van der Waals surface area contributed by atoms with Crippen molar-refractivity contribution in [3.8, 4) is 0 Å². The summed E-state index contributed by atoms with van der Waals surface area (Å²) in [5.41, 5.74) is 2.42. The molecule has 0 spiro atoms. The monoisotopic (exact) mass is 542 g/mol. The molecule has 0 bridgehead atoms. The number of nitrogens with zero attached hydrogens (tertiary/aromatic N) is 3. The molecule has 0 saturated carbocycles. The van der Waals surface area contributed by atoms with Crippen LogP contribution in [0.25, 0.3) is 0 Å². The van der Waals surface area contributed by atoms with E-state index in [1.165, 1.54) is 24.3 Å². The second kappa shape index (κ2) is 13.7. The molecule has 0 aliphatic heterocycles. The van der Waals surface area contributed by atoms with E-state index in [1.807, 2.05) is 36.4 Å². The van der Waals surface area contributed by atoms with Gasteiger partial charge in [-0.1, -0.05) is 12.1 Å². The standard InChI is InChI=1S/C25H30N6O4S2/c26-37(34,35)22-12-10-19(11-13-22)29-25(36)30-23(24(32)33)9-3-6-16-31(17-20-7-1-4-14-27-20)18-21-8-2-5-15-28-21/h1-2,4-5,7-8,10-15,23H,3,6,9,16-18H2,(H,32,33)(H2,26,34,35)(H2,29,30,36). The van der Waals surface area contributed by atoms with Gasteiger partial charge in [0, 0.05) is 31.2 Å². The van der Waals surface area contributed by atoms with Gasteiger partial charge in [0.05, 0.1) is 16.3 Å². The van der Waals surface area contributed by atoms with Crippen molar-refractivity contribution in [3.05, 3.63) is 84.4 Å². The van der Waals surface area contributed by atoms with E-state index >= 15 is 0 Å². The maximum atomic E-state index is 11.8. The summed E-state index contributed by atoms with van der Waals surface area (Å²) in [6, 6.07) is 16.4. The third-order valence-corrected chi connectivity index (χ3v) is 6.63. The molecule has 0 fully saturated rings. The molecule has 0 amide bonds. The number of hydrogen-bond acceptors (Lipinski definition) is 7. The topological polar surface area (TPSA) is 151 Å². The third kappa shape index (κ3) is 9.84. The van der Waals surface area contributed by atoms with E-state index in [4.69, 9.17) is 17.4 Å². The van der Waals surface area contributed by atoms with Gasteiger partial charge < -0.3 is 15.7 Å². The minimum Gasteiger partial charge on any atom is -0.480 e. The average molecular weight is 543 g/mol. The molecule has 10 nitrogen and oxygen atoms in total. The lowest BCUT2D eigenvalue weighted by Gasteiger charge is -2.22. The highest BCUT2D eigenvalue weighted by molar-refractivity contribution is 7.89. The Hall–Kier alpha value is -3.45. The minimum absolute atomic E-state index is 0.0273. The molecular weight excluding hydrogens is 512 g/mol. The summed E-state index contributed by atoms with van der Waals surface area (Å²) in [5, 5.41) is 20.6. The Morgan fingerprint density at radius 2 is 1.57 bits per heavy atom. The van der Waals surface area contributed by atoms with E-state index in [0.717, 1.165) is 24.4 Å². The predicted octanol–water partition coefficient (Wildman–Crippen LogP) is 2.74. The Morgan fingerprint density at radius 3 is 2.05 bits per heavy atom. The fraction of sp³-hybridized carbons (Fsp3) is 0.280. The molecule has 0 aliphatic carbocycles. The molecule has 1 atom stereocenters. The van der Waals surface area contributed by atoms with Gasteiger partial charge in [-0.05, 0) is 86.6 Å². The lowest BCUT2D eigenvalue weighted by molar-refractivity contribution is -0.139. The molecule has 12 heteroatoms. The van der Waals surface area contributed by atoms with Crippen LogP contribution >= 0.6 is 12.2 Å². The number of unbranched alkanes of at least 4 members (excludes halogenated alkanes) is 1. The predicted molar refractivity (Wildman–Crippen MR) is 145 cm³/mol. The van der Waals surface area contributed by atoms with Crippen molar-refractivity contribution in [1.82, 2.24) is 20.2 Å². The van der Waals surface area contributed by atoms with Crippen molar-refractivity contribution in [2.24, 2.45) is 5.14 Å². The number of primary sulfonamides is 1. The first-order chi connectivity index (χ1) is 17.7. The van der Waals surface area contributed by atoms with Gasteiger partial charge >= 0.3 is 5.97 Å². The van der Waals surface area contributed by atoms with E-state index in [2.05, 4.69) is 25.5 Å². The van der Waals surface area contributed by atoms with E-state index < -0.39 is 22.0 Å². The first-order valence-corrected chi connectivity index (χ1v) is 13.6. The number of pyridine rings is 2. The molecule has 196 valence electrons. The van der Waals surface area contributed by atoms with E-state index in [-0.39, 0.29) is 10.0 Å². The fourth-order valence-electron chi connectivity index (χ4n) is 3.65. The molecule has 0 radical (unpaired) electrons. The summed E-state index contributed by atoms with van der Waals surface area (Å²) in [6.07, 6.45) is 5.35. The van der Waals surface area contributed by atoms with Crippen LogP contribution < -0.4 is 15.8 Å². The molecule has 0 saturated heterocycles. The largest absolute Gasteiger partial charge is 0.480 e. The molecular formula is C25H30N6O4S2. The highest BCUT2D eigenvalue weighted by atomic mass is 32.2. The summed E-state index contributed by atoms with van der Waals surface area (Å²) >= 11 is 5.25. The lowest BCUT2D eigenvalue weighted by Crippen LogP contribution is -2.42. The molecule has 2 aromatic heterocycles. The van der Waals surface area contributed by atoms with E-state index in [0.29, 0.717) is 31.6 Å². The van der Waals surface area contributed by atoms with Crippen LogP contribution in [0, 0.1) is 0 Å². The summed E-state index contributed by atoms with van der Waals surface area (Å²) in [7, 11) is -3.80. The van der Waals surface area contributed by atoms with Crippen LogP contribution in [0.3, 0.4) is 0 Å². The van der Waals surface area contributed by atoms with Gasteiger partial charge in [-0.3, -0.25) is 14.9 Å². The van der Waals surface area contributed by atoms with Crippen molar-refractivity contribution in [2.45, 2.75) is 43.3 Å². The number of carboxylic acids is 1. The molecule has 3 aromatic rings. The number of nitrogens with one attached hydrogen (secondary N) is 2. The second-order valence-electron chi connectivity index (χ2n) is 8.41. The molecule has 37 heavy (non-hydrogen) atoms. The Kier molecular flexibility index (Phi) is 10.4. The van der Waals surface area contributed by atoms with E-state index in [9.17, 15) is 18.3 Å². The maximum absolute atomic E-state index is 11.8. The SMILES string of the molecule is NS(=O)(=O)c1ccc(NC(=S)NC(CCCCN(Cc2ccccn2)Cc2ccccn2)C(=O)O)cc1. The second-order valence-corrected chi connectivity index (χ2v) is 10.4.